The number of anilines is 2. The van der Waals surface area contributed by atoms with Crippen LogP contribution in [0.3, 0.4) is 0 Å². The number of esters is 1. The lowest BCUT2D eigenvalue weighted by molar-refractivity contribution is -0.123. The molecule has 0 unspecified atom stereocenters. The van der Waals surface area contributed by atoms with Crippen molar-refractivity contribution in [2.24, 2.45) is 0 Å². The van der Waals surface area contributed by atoms with Crippen molar-refractivity contribution >= 4 is 34.9 Å². The summed E-state index contributed by atoms with van der Waals surface area (Å²) >= 11 is 5.82. The van der Waals surface area contributed by atoms with E-state index in [0.717, 1.165) is 12.1 Å². The summed E-state index contributed by atoms with van der Waals surface area (Å²) in [6, 6.07) is 9.66. The van der Waals surface area contributed by atoms with Crippen LogP contribution >= 0.6 is 11.6 Å². The third-order valence-electron chi connectivity index (χ3n) is 2.99. The predicted molar refractivity (Wildman–Crippen MR) is 85.8 cm³/mol. The molecule has 0 saturated carbocycles. The Hall–Kier alpha value is -2.60. The van der Waals surface area contributed by atoms with E-state index in [4.69, 9.17) is 22.1 Å². The van der Waals surface area contributed by atoms with Gasteiger partial charge in [0.15, 0.2) is 6.10 Å². The van der Waals surface area contributed by atoms with E-state index in [0.29, 0.717) is 5.69 Å². The Bertz CT molecular complexity index is 735. The number of benzene rings is 2. The number of carbonyl (C=O) groups is 2. The van der Waals surface area contributed by atoms with Gasteiger partial charge in [-0.25, -0.2) is 9.18 Å². The summed E-state index contributed by atoms with van der Waals surface area (Å²) in [5.74, 6) is -1.75. The lowest BCUT2D eigenvalue weighted by atomic mass is 10.2. The Morgan fingerprint density at radius 3 is 2.48 bits per heavy atom. The van der Waals surface area contributed by atoms with E-state index in [1.54, 1.807) is 12.1 Å². The predicted octanol–water partition coefficient (Wildman–Crippen LogP) is 3.25. The normalized spacial score (nSPS) is 11.6. The summed E-state index contributed by atoms with van der Waals surface area (Å²) in [5.41, 5.74) is 6.55. The maximum atomic E-state index is 13.0. The Morgan fingerprint density at radius 1 is 1.22 bits per heavy atom. The second-order valence-electron chi connectivity index (χ2n) is 4.78. The smallest absolute Gasteiger partial charge is 0.338 e. The molecule has 0 radical (unpaired) electrons. The Morgan fingerprint density at radius 2 is 1.87 bits per heavy atom. The van der Waals surface area contributed by atoms with Crippen molar-refractivity contribution in [3.05, 3.63) is 58.9 Å². The number of hydrogen-bond acceptors (Lipinski definition) is 4. The molecule has 5 nitrogen and oxygen atoms in total. The third kappa shape index (κ3) is 4.43. The summed E-state index contributed by atoms with van der Waals surface area (Å²) in [6.07, 6.45) is -1.05. The summed E-state index contributed by atoms with van der Waals surface area (Å²) in [4.78, 5) is 23.9. The second kappa shape index (κ2) is 7.11. The van der Waals surface area contributed by atoms with Gasteiger partial charge in [0.1, 0.15) is 5.82 Å². The molecule has 0 aliphatic rings. The van der Waals surface area contributed by atoms with Crippen molar-refractivity contribution in [2.45, 2.75) is 13.0 Å². The number of ether oxygens (including phenoxy) is 1. The quantitative estimate of drug-likeness (QED) is 0.663. The fourth-order valence-corrected chi connectivity index (χ4v) is 1.94. The van der Waals surface area contributed by atoms with Gasteiger partial charge in [0.05, 0.1) is 16.3 Å². The average molecular weight is 337 g/mol. The van der Waals surface area contributed by atoms with Gasteiger partial charge in [0.2, 0.25) is 0 Å². The van der Waals surface area contributed by atoms with Crippen LogP contribution in [-0.4, -0.2) is 18.0 Å². The van der Waals surface area contributed by atoms with Crippen LogP contribution in [0.4, 0.5) is 15.8 Å². The van der Waals surface area contributed by atoms with Crippen LogP contribution < -0.4 is 11.1 Å². The van der Waals surface area contributed by atoms with Crippen LogP contribution in [0, 0.1) is 5.82 Å². The van der Waals surface area contributed by atoms with E-state index in [1.165, 1.54) is 25.1 Å². The number of carbonyl (C=O) groups excluding carboxylic acids is 2. The number of halogens is 2. The van der Waals surface area contributed by atoms with E-state index >= 15 is 0 Å². The van der Waals surface area contributed by atoms with E-state index in [2.05, 4.69) is 5.32 Å². The van der Waals surface area contributed by atoms with Crippen molar-refractivity contribution in [1.82, 2.24) is 0 Å². The number of nitrogens with two attached hydrogens (primary N) is 1. The lowest BCUT2D eigenvalue weighted by Crippen LogP contribution is -2.30. The Kier molecular flexibility index (Phi) is 5.18. The lowest BCUT2D eigenvalue weighted by Gasteiger charge is -2.14. The van der Waals surface area contributed by atoms with Gasteiger partial charge < -0.3 is 15.8 Å². The van der Waals surface area contributed by atoms with Crippen LogP contribution in [0.15, 0.2) is 42.5 Å². The molecule has 1 amide bonds. The zero-order valence-corrected chi connectivity index (χ0v) is 12.9. The molecule has 0 heterocycles. The molecule has 23 heavy (non-hydrogen) atoms. The van der Waals surface area contributed by atoms with Crippen LogP contribution in [0.25, 0.3) is 0 Å². The molecule has 120 valence electrons. The monoisotopic (exact) mass is 336 g/mol. The van der Waals surface area contributed by atoms with E-state index in [9.17, 15) is 14.0 Å². The molecule has 0 fully saturated rings. The van der Waals surface area contributed by atoms with Crippen LogP contribution in [0.2, 0.25) is 5.02 Å². The van der Waals surface area contributed by atoms with Gasteiger partial charge in [-0.05, 0) is 49.4 Å². The minimum Gasteiger partial charge on any atom is -0.449 e. The summed E-state index contributed by atoms with van der Waals surface area (Å²) < 4.78 is 18.0. The minimum atomic E-state index is -1.05. The average Bonchev–Trinajstić information content (AvgIpc) is 2.50. The van der Waals surface area contributed by atoms with Crippen LogP contribution in [-0.2, 0) is 9.53 Å². The molecule has 2 aromatic carbocycles. The molecule has 0 bridgehead atoms. The highest BCUT2D eigenvalue weighted by molar-refractivity contribution is 6.33. The van der Waals surface area contributed by atoms with Crippen molar-refractivity contribution in [3.63, 3.8) is 0 Å². The minimum absolute atomic E-state index is 0.0513. The number of nitrogens with one attached hydrogen (secondary N) is 1. The fraction of sp³-hybridized carbons (Fsp3) is 0.125. The molecule has 0 saturated heterocycles. The summed E-state index contributed by atoms with van der Waals surface area (Å²) in [6.45, 7) is 1.42. The third-order valence-corrected chi connectivity index (χ3v) is 3.30. The van der Waals surface area contributed by atoms with E-state index in [1.807, 2.05) is 0 Å². The molecule has 7 heteroatoms. The molecule has 2 rings (SSSR count). The molecular weight excluding hydrogens is 323 g/mol. The Balaban J connectivity index is 1.99. The van der Waals surface area contributed by atoms with E-state index < -0.39 is 23.8 Å². The first kappa shape index (κ1) is 16.8. The molecule has 0 aliphatic heterocycles. The largest absolute Gasteiger partial charge is 0.449 e. The number of amides is 1. The van der Waals surface area contributed by atoms with Crippen LogP contribution in [0.5, 0.6) is 0 Å². The van der Waals surface area contributed by atoms with Gasteiger partial charge in [-0.1, -0.05) is 11.6 Å². The molecule has 0 aromatic heterocycles. The highest BCUT2D eigenvalue weighted by Crippen LogP contribution is 2.22. The maximum absolute atomic E-state index is 13.0. The van der Waals surface area contributed by atoms with Crippen molar-refractivity contribution < 1.29 is 18.7 Å². The van der Waals surface area contributed by atoms with Gasteiger partial charge in [0, 0.05) is 5.69 Å². The van der Waals surface area contributed by atoms with E-state index in [-0.39, 0.29) is 16.3 Å². The topological polar surface area (TPSA) is 81.4 Å². The van der Waals surface area contributed by atoms with Gasteiger partial charge >= 0.3 is 5.97 Å². The molecule has 0 spiro atoms. The molecule has 2 aromatic rings. The van der Waals surface area contributed by atoms with Gasteiger partial charge in [-0.2, -0.15) is 0 Å². The highest BCUT2D eigenvalue weighted by atomic mass is 35.5. The number of hydrogen-bond donors (Lipinski definition) is 2. The number of rotatable bonds is 4. The second-order valence-corrected chi connectivity index (χ2v) is 5.19. The zero-order chi connectivity index (χ0) is 17.0. The molecular formula is C16H14ClFN2O3. The maximum Gasteiger partial charge on any atom is 0.338 e. The molecule has 0 aliphatic carbocycles. The van der Waals surface area contributed by atoms with Crippen molar-refractivity contribution in [3.8, 4) is 0 Å². The fourth-order valence-electron chi connectivity index (χ4n) is 1.73. The SMILES string of the molecule is C[C@@H](OC(=O)c1ccc(N)cc1)C(=O)Nc1ccc(F)cc1Cl. The molecule has 3 N–H and O–H groups in total. The Labute approximate surface area is 137 Å². The van der Waals surface area contributed by atoms with Crippen molar-refractivity contribution in [2.75, 3.05) is 11.1 Å². The first-order valence-electron chi connectivity index (χ1n) is 6.69. The summed E-state index contributed by atoms with van der Waals surface area (Å²) in [5, 5.41) is 2.52. The van der Waals surface area contributed by atoms with Gasteiger partial charge in [0.25, 0.3) is 5.91 Å². The van der Waals surface area contributed by atoms with Gasteiger partial charge in [-0.3, -0.25) is 4.79 Å². The first-order valence-corrected chi connectivity index (χ1v) is 7.07. The summed E-state index contributed by atoms with van der Waals surface area (Å²) in [7, 11) is 0. The first-order chi connectivity index (χ1) is 10.9. The highest BCUT2D eigenvalue weighted by Gasteiger charge is 2.19. The molecule has 1 atom stereocenters. The van der Waals surface area contributed by atoms with Crippen molar-refractivity contribution in [1.29, 1.82) is 0 Å². The van der Waals surface area contributed by atoms with Crippen LogP contribution in [0.1, 0.15) is 17.3 Å². The number of nitrogen functional groups attached to an aromatic ring is 1. The standard InChI is InChI=1S/C16H14ClFN2O3/c1-9(23-16(22)10-2-5-12(19)6-3-10)15(21)20-14-7-4-11(18)8-13(14)17/h2-9H,19H2,1H3,(H,20,21)/t9-/m1/s1. The van der Waals surface area contributed by atoms with Gasteiger partial charge in [-0.15, -0.1) is 0 Å². The zero-order valence-electron chi connectivity index (χ0n) is 12.2.